The van der Waals surface area contributed by atoms with Crippen LogP contribution >= 0.6 is 11.8 Å². The van der Waals surface area contributed by atoms with Gasteiger partial charge in [-0.05, 0) is 50.7 Å². The van der Waals surface area contributed by atoms with E-state index in [9.17, 15) is 14.4 Å². The van der Waals surface area contributed by atoms with Crippen LogP contribution in [-0.2, 0) is 14.4 Å². The van der Waals surface area contributed by atoms with Crippen LogP contribution in [0, 0.1) is 5.41 Å². The van der Waals surface area contributed by atoms with E-state index in [0.29, 0.717) is 45.2 Å². The van der Waals surface area contributed by atoms with Crippen molar-refractivity contribution in [2.75, 3.05) is 25.1 Å². The number of carboxylic acid groups (broad SMARTS) is 3. The van der Waals surface area contributed by atoms with Gasteiger partial charge in [-0.2, -0.15) is 11.8 Å². The molecule has 0 aromatic carbocycles. The molecule has 13 nitrogen and oxygen atoms in total. The minimum absolute atomic E-state index is 0.112. The Bertz CT molecular complexity index is 475. The SMILES string of the molecule is CSCCC(N)C(=O)O.N=C(N)NCCCC(N)C(=O)O.NCCCC(N)C(=O)O. The lowest BCUT2D eigenvalue weighted by Gasteiger charge is -2.06. The molecule has 0 saturated carbocycles. The first-order chi connectivity index (χ1) is 13.9. The highest BCUT2D eigenvalue weighted by atomic mass is 32.2. The lowest BCUT2D eigenvalue weighted by Crippen LogP contribution is -2.34. The number of rotatable bonds is 13. The average Bonchev–Trinajstić information content (AvgIpc) is 2.67. The van der Waals surface area contributed by atoms with Crippen molar-refractivity contribution in [3.8, 4) is 0 Å². The summed E-state index contributed by atoms with van der Waals surface area (Å²) in [5, 5.41) is 34.2. The molecule has 178 valence electrons. The highest BCUT2D eigenvalue weighted by molar-refractivity contribution is 7.98. The lowest BCUT2D eigenvalue weighted by molar-refractivity contribution is -0.139. The molecule has 0 radical (unpaired) electrons. The maximum absolute atomic E-state index is 10.2. The average molecular weight is 456 g/mol. The zero-order chi connectivity index (χ0) is 24.1. The zero-order valence-corrected chi connectivity index (χ0v) is 18.1. The van der Waals surface area contributed by atoms with E-state index in [1.165, 1.54) is 0 Å². The van der Waals surface area contributed by atoms with Crippen LogP contribution in [0.25, 0.3) is 0 Å². The second kappa shape index (κ2) is 21.6. The summed E-state index contributed by atoms with van der Waals surface area (Å²) in [6.45, 7) is 0.983. The summed E-state index contributed by atoms with van der Waals surface area (Å²) in [7, 11) is 0. The number of carbonyl (C=O) groups is 3. The van der Waals surface area contributed by atoms with Gasteiger partial charge in [0.05, 0.1) is 0 Å². The van der Waals surface area contributed by atoms with Gasteiger partial charge in [-0.15, -0.1) is 0 Å². The quantitative estimate of drug-likeness (QED) is 0.0813. The van der Waals surface area contributed by atoms with Gasteiger partial charge >= 0.3 is 17.9 Å². The Labute approximate surface area is 180 Å². The van der Waals surface area contributed by atoms with E-state index in [2.05, 4.69) is 5.32 Å². The van der Waals surface area contributed by atoms with Crippen LogP contribution < -0.4 is 34.0 Å². The standard InChI is InChI=1S/C6H14N4O2.C5H12N2O2.C5H11NO2S/c7-4(5(11)12)2-1-3-10-6(8)9;6-3-1-2-4(7)5(8)9;1-9-3-2-4(6)5(7)8/h4H,1-3,7H2,(H,11,12)(H4,8,9,10);4H,1-3,6-7H2,(H,8,9);4H,2-3,6H2,1H3,(H,7,8). The van der Waals surface area contributed by atoms with Crippen molar-refractivity contribution in [1.29, 1.82) is 5.41 Å². The molecule has 0 rings (SSSR count). The molecule has 3 unspecified atom stereocenters. The van der Waals surface area contributed by atoms with Crippen molar-refractivity contribution in [2.24, 2.45) is 28.7 Å². The topological polar surface area (TPSA) is 278 Å². The molecule has 0 spiro atoms. The first-order valence-electron chi connectivity index (χ1n) is 9.12. The Balaban J connectivity index is -0.000000371. The normalized spacial score (nSPS) is 12.7. The molecule has 0 fully saturated rings. The molecular weight excluding hydrogens is 418 g/mol. The number of aliphatic carboxylic acids is 3. The third-order valence-electron chi connectivity index (χ3n) is 3.31. The summed E-state index contributed by atoms with van der Waals surface area (Å²) in [4.78, 5) is 30.3. The zero-order valence-electron chi connectivity index (χ0n) is 17.3. The first kappa shape index (κ1) is 32.5. The van der Waals surface area contributed by atoms with Crippen LogP contribution in [0.3, 0.4) is 0 Å². The Morgan fingerprint density at radius 1 is 0.900 bits per heavy atom. The number of hydrogen-bond donors (Lipinski definition) is 10. The number of thioether (sulfide) groups is 1. The van der Waals surface area contributed by atoms with Crippen LogP contribution in [0.2, 0.25) is 0 Å². The van der Waals surface area contributed by atoms with Gasteiger partial charge in [-0.25, -0.2) is 0 Å². The van der Waals surface area contributed by atoms with Crippen LogP contribution in [0.4, 0.5) is 0 Å². The first-order valence-corrected chi connectivity index (χ1v) is 10.5. The molecule has 0 aromatic heterocycles. The third kappa shape index (κ3) is 25.9. The van der Waals surface area contributed by atoms with Crippen molar-refractivity contribution < 1.29 is 29.7 Å². The van der Waals surface area contributed by atoms with E-state index in [1.807, 2.05) is 6.26 Å². The molecule has 0 aliphatic heterocycles. The lowest BCUT2D eigenvalue weighted by atomic mass is 10.2. The number of hydrogen-bond acceptors (Lipinski definition) is 9. The number of nitrogens with two attached hydrogens (primary N) is 5. The van der Waals surface area contributed by atoms with E-state index in [4.69, 9.17) is 49.4 Å². The van der Waals surface area contributed by atoms with E-state index in [-0.39, 0.29) is 5.96 Å². The van der Waals surface area contributed by atoms with Gasteiger partial charge in [0.15, 0.2) is 5.96 Å². The van der Waals surface area contributed by atoms with Gasteiger partial charge in [0.1, 0.15) is 18.1 Å². The van der Waals surface area contributed by atoms with Crippen molar-refractivity contribution >= 4 is 35.6 Å². The fourth-order valence-corrected chi connectivity index (χ4v) is 1.99. The van der Waals surface area contributed by atoms with Crippen LogP contribution in [0.1, 0.15) is 32.1 Å². The highest BCUT2D eigenvalue weighted by Crippen LogP contribution is 1.97. The summed E-state index contributed by atoms with van der Waals surface area (Å²) < 4.78 is 0. The summed E-state index contributed by atoms with van der Waals surface area (Å²) >= 11 is 1.60. The largest absolute Gasteiger partial charge is 0.480 e. The summed E-state index contributed by atoms with van der Waals surface area (Å²) in [5.41, 5.74) is 25.7. The van der Waals surface area contributed by atoms with Gasteiger partial charge < -0.3 is 49.3 Å². The van der Waals surface area contributed by atoms with Gasteiger partial charge in [0.25, 0.3) is 0 Å². The molecule has 0 amide bonds. The fourth-order valence-electron chi connectivity index (χ4n) is 1.50. The molecule has 0 saturated heterocycles. The Morgan fingerprint density at radius 2 is 1.30 bits per heavy atom. The number of nitrogens with one attached hydrogen (secondary N) is 2. The minimum Gasteiger partial charge on any atom is -0.480 e. The van der Waals surface area contributed by atoms with E-state index < -0.39 is 36.0 Å². The van der Waals surface area contributed by atoms with Gasteiger partial charge in [-0.3, -0.25) is 19.8 Å². The molecule has 0 bridgehead atoms. The predicted octanol–water partition coefficient (Wildman–Crippen LogP) is -2.05. The van der Waals surface area contributed by atoms with Crippen LogP contribution in [0.15, 0.2) is 0 Å². The monoisotopic (exact) mass is 455 g/mol. The molecule has 15 N–H and O–H groups in total. The van der Waals surface area contributed by atoms with Crippen molar-refractivity contribution in [2.45, 2.75) is 50.2 Å². The van der Waals surface area contributed by atoms with Gasteiger partial charge in [-0.1, -0.05) is 0 Å². The van der Waals surface area contributed by atoms with Crippen LogP contribution in [-0.4, -0.2) is 82.4 Å². The highest BCUT2D eigenvalue weighted by Gasteiger charge is 2.10. The van der Waals surface area contributed by atoms with Crippen molar-refractivity contribution in [1.82, 2.24) is 5.32 Å². The molecule has 0 heterocycles. The number of guanidine groups is 1. The molecule has 0 aliphatic carbocycles. The molecule has 3 atom stereocenters. The van der Waals surface area contributed by atoms with E-state index in [0.717, 1.165) is 5.75 Å². The van der Waals surface area contributed by atoms with Crippen molar-refractivity contribution in [3.63, 3.8) is 0 Å². The maximum atomic E-state index is 10.2. The summed E-state index contributed by atoms with van der Waals surface area (Å²) in [6.07, 6.45) is 4.59. The van der Waals surface area contributed by atoms with Gasteiger partial charge in [0, 0.05) is 6.54 Å². The van der Waals surface area contributed by atoms with Crippen molar-refractivity contribution in [3.05, 3.63) is 0 Å². The van der Waals surface area contributed by atoms with Gasteiger partial charge in [0.2, 0.25) is 0 Å². The Hall–Kier alpha value is -2.13. The minimum atomic E-state index is -1.00. The summed E-state index contributed by atoms with van der Waals surface area (Å²) in [5.74, 6) is -2.17. The smallest absolute Gasteiger partial charge is 0.320 e. The van der Waals surface area contributed by atoms with E-state index >= 15 is 0 Å². The summed E-state index contributed by atoms with van der Waals surface area (Å²) in [6, 6.07) is -2.25. The maximum Gasteiger partial charge on any atom is 0.320 e. The fraction of sp³-hybridized carbons (Fsp3) is 0.750. The molecule has 30 heavy (non-hydrogen) atoms. The molecule has 0 aromatic rings. The van der Waals surface area contributed by atoms with Crippen LogP contribution in [0.5, 0.6) is 0 Å². The second-order valence-corrected chi connectivity index (χ2v) is 7.01. The third-order valence-corrected chi connectivity index (χ3v) is 3.96. The Morgan fingerprint density at radius 3 is 1.63 bits per heavy atom. The Kier molecular flexibility index (Phi) is 23.4. The predicted molar refractivity (Wildman–Crippen MR) is 117 cm³/mol. The van der Waals surface area contributed by atoms with E-state index in [1.54, 1.807) is 11.8 Å². The molecular formula is C16H37N7O6S. The second-order valence-electron chi connectivity index (χ2n) is 6.03. The number of carboxylic acids is 3. The molecule has 14 heteroatoms. The molecule has 0 aliphatic rings.